The summed E-state index contributed by atoms with van der Waals surface area (Å²) in [5.41, 5.74) is 3.04. The molecule has 1 N–H and O–H groups in total. The van der Waals surface area contributed by atoms with Crippen molar-refractivity contribution >= 4 is 6.21 Å². The Morgan fingerprint density at radius 3 is 2.00 bits per heavy atom. The highest BCUT2D eigenvalue weighted by molar-refractivity contribution is 5.52. The Bertz CT molecular complexity index is 79.0. The van der Waals surface area contributed by atoms with Gasteiger partial charge in [-0.15, -0.1) is 0 Å². The summed E-state index contributed by atoms with van der Waals surface area (Å²) in [6, 6.07) is 0. The van der Waals surface area contributed by atoms with Crippen LogP contribution in [0.4, 0.5) is 0 Å². The van der Waals surface area contributed by atoms with E-state index in [0.717, 1.165) is 0 Å². The minimum atomic E-state index is 0.104. The van der Waals surface area contributed by atoms with Crippen LogP contribution in [0.5, 0.6) is 0 Å². The molecule has 0 aromatic rings. The average Bonchev–Trinajstić information content (AvgIpc) is 1.59. The quantitative estimate of drug-likeness (QED) is 0.404. The minimum absolute atomic E-state index is 0.104. The summed E-state index contributed by atoms with van der Waals surface area (Å²) in [5.74, 6) is 0. The molecule has 0 rings (SSSR count). The van der Waals surface area contributed by atoms with Gasteiger partial charge in [-0.05, 0) is 27.7 Å². The number of nitrogens with zero attached hydrogens (tertiary/aromatic N) is 1. The van der Waals surface area contributed by atoms with Gasteiger partial charge in [0.05, 0.1) is 0 Å². The Kier molecular flexibility index (Phi) is 2.52. The lowest BCUT2D eigenvalue weighted by molar-refractivity contribution is 0.442. The van der Waals surface area contributed by atoms with E-state index in [2.05, 4.69) is 31.3 Å². The van der Waals surface area contributed by atoms with Gasteiger partial charge in [0.15, 0.2) is 0 Å². The predicted octanol–water partition coefficient (Wildman–Crippen LogP) is 1.38. The molecule has 0 aromatic heterocycles. The van der Waals surface area contributed by atoms with E-state index in [4.69, 9.17) is 0 Å². The molecule has 0 atom stereocenters. The molecule has 0 fully saturated rings. The number of rotatable bonds is 1. The highest BCUT2D eigenvalue weighted by Gasteiger charge is 2.04. The van der Waals surface area contributed by atoms with Crippen molar-refractivity contribution in [1.82, 2.24) is 5.43 Å². The lowest BCUT2D eigenvalue weighted by Gasteiger charge is -2.16. The third-order valence-corrected chi connectivity index (χ3v) is 0.529. The van der Waals surface area contributed by atoms with Crippen molar-refractivity contribution in [2.75, 3.05) is 0 Å². The minimum Gasteiger partial charge on any atom is -0.305 e. The fraction of sp³-hybridized carbons (Fsp3) is 0.833. The molecule has 0 saturated carbocycles. The maximum absolute atomic E-state index is 3.87. The standard InChI is InChI=1S/C6H14N2/c1-5-7-8-6(2,3)4/h5,8H,1-4H3/b7-5-. The fourth-order valence-corrected chi connectivity index (χ4v) is 0.258. The van der Waals surface area contributed by atoms with Crippen molar-refractivity contribution < 1.29 is 0 Å². The second-order valence-corrected chi connectivity index (χ2v) is 2.75. The lowest BCUT2D eigenvalue weighted by atomic mass is 10.1. The van der Waals surface area contributed by atoms with Gasteiger partial charge in [-0.3, -0.25) is 0 Å². The second kappa shape index (κ2) is 2.70. The Morgan fingerprint density at radius 1 is 1.38 bits per heavy atom. The maximum Gasteiger partial charge on any atom is 0.0464 e. The molecule has 0 saturated heterocycles. The van der Waals surface area contributed by atoms with Crippen LogP contribution in [0.1, 0.15) is 27.7 Å². The smallest absolute Gasteiger partial charge is 0.0464 e. The molecule has 0 radical (unpaired) electrons. The topological polar surface area (TPSA) is 24.4 Å². The van der Waals surface area contributed by atoms with Crippen LogP contribution in [-0.4, -0.2) is 11.8 Å². The predicted molar refractivity (Wildman–Crippen MR) is 37.1 cm³/mol. The van der Waals surface area contributed by atoms with Crippen molar-refractivity contribution in [3.05, 3.63) is 0 Å². The SMILES string of the molecule is C/C=N\NC(C)(C)C. The zero-order valence-corrected chi connectivity index (χ0v) is 6.02. The molecule has 8 heavy (non-hydrogen) atoms. The van der Waals surface area contributed by atoms with Crippen LogP contribution in [0, 0.1) is 0 Å². The molecule has 0 spiro atoms. The van der Waals surface area contributed by atoms with E-state index in [1.165, 1.54) is 0 Å². The van der Waals surface area contributed by atoms with Crippen molar-refractivity contribution in [1.29, 1.82) is 0 Å². The van der Waals surface area contributed by atoms with E-state index >= 15 is 0 Å². The van der Waals surface area contributed by atoms with Gasteiger partial charge >= 0.3 is 0 Å². The van der Waals surface area contributed by atoms with E-state index in [1.54, 1.807) is 6.21 Å². The van der Waals surface area contributed by atoms with Gasteiger partial charge in [0, 0.05) is 11.8 Å². The van der Waals surface area contributed by atoms with E-state index in [0.29, 0.717) is 0 Å². The molecule has 0 amide bonds. The highest BCUT2D eigenvalue weighted by atomic mass is 15.3. The number of nitrogens with one attached hydrogen (secondary N) is 1. The van der Waals surface area contributed by atoms with Gasteiger partial charge in [-0.25, -0.2) is 0 Å². The van der Waals surface area contributed by atoms with Crippen LogP contribution in [0.2, 0.25) is 0 Å². The Balaban J connectivity index is 3.39. The molecule has 0 aliphatic carbocycles. The number of hydrazone groups is 1. The van der Waals surface area contributed by atoms with E-state index in [-0.39, 0.29) is 5.54 Å². The first-order valence-electron chi connectivity index (χ1n) is 2.81. The third-order valence-electron chi connectivity index (χ3n) is 0.529. The molecule has 0 aliphatic heterocycles. The van der Waals surface area contributed by atoms with E-state index < -0.39 is 0 Å². The molecular weight excluding hydrogens is 100 g/mol. The average molecular weight is 114 g/mol. The summed E-state index contributed by atoms with van der Waals surface area (Å²) in [7, 11) is 0. The highest BCUT2D eigenvalue weighted by Crippen LogP contribution is 1.96. The van der Waals surface area contributed by atoms with Crippen LogP contribution in [-0.2, 0) is 0 Å². The Labute approximate surface area is 51.0 Å². The van der Waals surface area contributed by atoms with Crippen LogP contribution >= 0.6 is 0 Å². The summed E-state index contributed by atoms with van der Waals surface area (Å²) < 4.78 is 0. The molecule has 48 valence electrons. The van der Waals surface area contributed by atoms with Crippen molar-refractivity contribution in [3.8, 4) is 0 Å². The molecule has 0 aliphatic rings. The fourth-order valence-electron chi connectivity index (χ4n) is 0.258. The van der Waals surface area contributed by atoms with Gasteiger partial charge in [-0.2, -0.15) is 5.10 Å². The summed E-state index contributed by atoms with van der Waals surface area (Å²) in [4.78, 5) is 0. The van der Waals surface area contributed by atoms with Gasteiger partial charge in [0.1, 0.15) is 0 Å². The largest absolute Gasteiger partial charge is 0.305 e. The van der Waals surface area contributed by atoms with E-state index in [9.17, 15) is 0 Å². The van der Waals surface area contributed by atoms with E-state index in [1.807, 2.05) is 6.92 Å². The normalized spacial score (nSPS) is 12.5. The lowest BCUT2D eigenvalue weighted by Crippen LogP contribution is -2.31. The molecule has 0 unspecified atom stereocenters. The molecule has 2 nitrogen and oxygen atoms in total. The van der Waals surface area contributed by atoms with Crippen molar-refractivity contribution in [2.24, 2.45) is 5.10 Å². The number of hydrogen-bond donors (Lipinski definition) is 1. The summed E-state index contributed by atoms with van der Waals surface area (Å²) in [5, 5.41) is 3.87. The van der Waals surface area contributed by atoms with Gasteiger partial charge in [0.2, 0.25) is 0 Å². The summed E-state index contributed by atoms with van der Waals surface area (Å²) in [6.07, 6.45) is 1.74. The molecule has 0 heterocycles. The van der Waals surface area contributed by atoms with Gasteiger partial charge in [-0.1, -0.05) is 0 Å². The second-order valence-electron chi connectivity index (χ2n) is 2.75. The monoisotopic (exact) mass is 114 g/mol. The first kappa shape index (κ1) is 7.47. The zero-order valence-electron chi connectivity index (χ0n) is 6.02. The van der Waals surface area contributed by atoms with Crippen LogP contribution in [0.3, 0.4) is 0 Å². The number of hydrogen-bond acceptors (Lipinski definition) is 2. The molecular formula is C6H14N2. The van der Waals surface area contributed by atoms with Crippen molar-refractivity contribution in [2.45, 2.75) is 33.2 Å². The molecule has 0 aromatic carbocycles. The molecule has 0 bridgehead atoms. The van der Waals surface area contributed by atoms with Gasteiger partial charge < -0.3 is 5.43 Å². The van der Waals surface area contributed by atoms with Crippen LogP contribution < -0.4 is 5.43 Å². The maximum atomic E-state index is 3.87. The van der Waals surface area contributed by atoms with Crippen LogP contribution in [0.25, 0.3) is 0 Å². The third kappa shape index (κ3) is 5.47. The summed E-state index contributed by atoms with van der Waals surface area (Å²) in [6.45, 7) is 8.10. The zero-order chi connectivity index (χ0) is 6.62. The Morgan fingerprint density at radius 2 is 1.88 bits per heavy atom. The van der Waals surface area contributed by atoms with Crippen molar-refractivity contribution in [3.63, 3.8) is 0 Å². The molecule has 2 heteroatoms. The van der Waals surface area contributed by atoms with Crippen LogP contribution in [0.15, 0.2) is 5.10 Å². The first-order valence-corrected chi connectivity index (χ1v) is 2.81. The first-order chi connectivity index (χ1) is 3.56. The van der Waals surface area contributed by atoms with Gasteiger partial charge in [0.25, 0.3) is 0 Å². The Hall–Kier alpha value is -0.530. The summed E-state index contributed by atoms with van der Waals surface area (Å²) >= 11 is 0.